The molecule has 0 aromatic carbocycles. The molecular weight excluding hydrogens is 440 g/mol. The summed E-state index contributed by atoms with van der Waals surface area (Å²) in [5.41, 5.74) is -0.852. The third kappa shape index (κ3) is 8.25. The molecule has 0 aromatic heterocycles. The SMILES string of the molecule is CC(C)(C)OC(=O)N1CC[C@@H]2OCCN[C@H]2C1.CC(C)(C)OC(=O)N1CC[C@H]2OCCN[C@@H]2C1. The van der Waals surface area contributed by atoms with Crippen LogP contribution >= 0.6 is 0 Å². The largest absolute Gasteiger partial charge is 0.444 e. The van der Waals surface area contributed by atoms with Gasteiger partial charge in [0.1, 0.15) is 11.2 Å². The smallest absolute Gasteiger partial charge is 0.410 e. The molecule has 10 heteroatoms. The van der Waals surface area contributed by atoms with E-state index < -0.39 is 11.2 Å². The van der Waals surface area contributed by atoms with Crippen molar-refractivity contribution in [1.82, 2.24) is 20.4 Å². The van der Waals surface area contributed by atoms with E-state index in [4.69, 9.17) is 18.9 Å². The number of fused-ring (bicyclic) bond motifs is 2. The fourth-order valence-corrected chi connectivity index (χ4v) is 4.55. The van der Waals surface area contributed by atoms with Crippen molar-refractivity contribution in [2.75, 3.05) is 52.5 Å². The van der Waals surface area contributed by atoms with Gasteiger partial charge in [-0.1, -0.05) is 0 Å². The van der Waals surface area contributed by atoms with Crippen LogP contribution < -0.4 is 10.6 Å². The molecule has 4 saturated heterocycles. The molecule has 0 radical (unpaired) electrons. The Balaban J connectivity index is 0.000000191. The number of hydrogen-bond acceptors (Lipinski definition) is 8. The lowest BCUT2D eigenvalue weighted by Gasteiger charge is -2.41. The van der Waals surface area contributed by atoms with E-state index in [0.29, 0.717) is 13.1 Å². The predicted molar refractivity (Wildman–Crippen MR) is 128 cm³/mol. The number of hydrogen-bond donors (Lipinski definition) is 2. The minimum absolute atomic E-state index is 0.219. The van der Waals surface area contributed by atoms with Crippen molar-refractivity contribution in [2.45, 2.75) is 89.9 Å². The van der Waals surface area contributed by atoms with Crippen molar-refractivity contribution in [1.29, 1.82) is 0 Å². The van der Waals surface area contributed by atoms with E-state index >= 15 is 0 Å². The molecule has 0 bridgehead atoms. The van der Waals surface area contributed by atoms with Gasteiger partial charge in [0.15, 0.2) is 0 Å². The molecule has 0 aromatic rings. The zero-order chi connectivity index (χ0) is 24.9. The van der Waals surface area contributed by atoms with Gasteiger partial charge in [0.25, 0.3) is 0 Å². The molecule has 196 valence electrons. The number of carbonyl (C=O) groups excluding carboxylic acids is 2. The van der Waals surface area contributed by atoms with Crippen LogP contribution in [0.5, 0.6) is 0 Å². The van der Waals surface area contributed by atoms with Crippen LogP contribution in [0.2, 0.25) is 0 Å². The molecule has 4 heterocycles. The van der Waals surface area contributed by atoms with Crippen LogP contribution in [0.15, 0.2) is 0 Å². The van der Waals surface area contributed by atoms with E-state index in [1.807, 2.05) is 41.5 Å². The first-order valence-electron chi connectivity index (χ1n) is 12.6. The van der Waals surface area contributed by atoms with Crippen molar-refractivity contribution >= 4 is 12.2 Å². The third-order valence-corrected chi connectivity index (χ3v) is 6.08. The zero-order valence-electron chi connectivity index (χ0n) is 21.7. The Hall–Kier alpha value is -1.62. The predicted octanol–water partition coefficient (Wildman–Crippen LogP) is 1.97. The summed E-state index contributed by atoms with van der Waals surface area (Å²) in [7, 11) is 0. The van der Waals surface area contributed by atoms with E-state index in [-0.39, 0.29) is 36.5 Å². The van der Waals surface area contributed by atoms with Crippen LogP contribution in [-0.4, -0.2) is 110 Å². The maximum Gasteiger partial charge on any atom is 0.410 e. The van der Waals surface area contributed by atoms with Gasteiger partial charge in [-0.15, -0.1) is 0 Å². The lowest BCUT2D eigenvalue weighted by molar-refractivity contribution is -0.0488. The van der Waals surface area contributed by atoms with Crippen molar-refractivity contribution in [2.24, 2.45) is 0 Å². The average Bonchev–Trinajstić information content (AvgIpc) is 2.76. The number of piperidine rings is 2. The third-order valence-electron chi connectivity index (χ3n) is 6.08. The van der Waals surface area contributed by atoms with E-state index in [1.165, 1.54) is 0 Å². The van der Waals surface area contributed by atoms with Gasteiger partial charge in [0.05, 0.1) is 37.5 Å². The van der Waals surface area contributed by atoms with Gasteiger partial charge in [-0.05, 0) is 54.4 Å². The van der Waals surface area contributed by atoms with Gasteiger partial charge >= 0.3 is 12.2 Å². The highest BCUT2D eigenvalue weighted by Crippen LogP contribution is 2.20. The van der Waals surface area contributed by atoms with Gasteiger partial charge in [-0.3, -0.25) is 0 Å². The van der Waals surface area contributed by atoms with Crippen LogP contribution in [0.25, 0.3) is 0 Å². The number of ether oxygens (including phenoxy) is 4. The summed E-state index contributed by atoms with van der Waals surface area (Å²) in [6, 6.07) is 0.509. The van der Waals surface area contributed by atoms with Crippen LogP contribution in [0.4, 0.5) is 9.59 Å². The molecule has 4 fully saturated rings. The number of likely N-dealkylation sites (tertiary alicyclic amines) is 2. The lowest BCUT2D eigenvalue weighted by Crippen LogP contribution is -2.59. The van der Waals surface area contributed by atoms with Crippen LogP contribution in [0.1, 0.15) is 54.4 Å². The topological polar surface area (TPSA) is 102 Å². The van der Waals surface area contributed by atoms with E-state index in [0.717, 1.165) is 52.2 Å². The minimum atomic E-state index is -0.426. The number of rotatable bonds is 0. The second kappa shape index (κ2) is 11.4. The van der Waals surface area contributed by atoms with Gasteiger partial charge in [0, 0.05) is 39.3 Å². The van der Waals surface area contributed by atoms with Crippen molar-refractivity contribution in [3.63, 3.8) is 0 Å². The monoisotopic (exact) mass is 484 g/mol. The maximum absolute atomic E-state index is 11.9. The zero-order valence-corrected chi connectivity index (χ0v) is 21.7. The van der Waals surface area contributed by atoms with Gasteiger partial charge < -0.3 is 39.4 Å². The minimum Gasteiger partial charge on any atom is -0.444 e. The van der Waals surface area contributed by atoms with Crippen LogP contribution in [-0.2, 0) is 18.9 Å². The summed E-state index contributed by atoms with van der Waals surface area (Å²) in [6.07, 6.45) is 1.84. The average molecular weight is 485 g/mol. The quantitative estimate of drug-likeness (QED) is 0.538. The highest BCUT2D eigenvalue weighted by atomic mass is 16.6. The maximum atomic E-state index is 11.9. The molecule has 34 heavy (non-hydrogen) atoms. The molecule has 4 aliphatic rings. The van der Waals surface area contributed by atoms with Gasteiger partial charge in [0.2, 0.25) is 0 Å². The Morgan fingerprint density at radius 2 is 1.12 bits per heavy atom. The van der Waals surface area contributed by atoms with Gasteiger partial charge in [-0.2, -0.15) is 0 Å². The summed E-state index contributed by atoms with van der Waals surface area (Å²) >= 11 is 0. The first-order chi connectivity index (χ1) is 15.9. The van der Waals surface area contributed by atoms with Crippen molar-refractivity contribution < 1.29 is 28.5 Å². The van der Waals surface area contributed by atoms with Crippen molar-refractivity contribution in [3.05, 3.63) is 0 Å². The van der Waals surface area contributed by atoms with E-state index in [9.17, 15) is 9.59 Å². The summed E-state index contributed by atoms with van der Waals surface area (Å²) < 4.78 is 22.1. The fourth-order valence-electron chi connectivity index (χ4n) is 4.55. The molecule has 0 saturated carbocycles. The molecule has 10 nitrogen and oxygen atoms in total. The number of nitrogens with one attached hydrogen (secondary N) is 2. The Kier molecular flexibility index (Phi) is 9.05. The number of nitrogens with zero attached hydrogens (tertiary/aromatic N) is 2. The molecule has 4 aliphatic heterocycles. The summed E-state index contributed by atoms with van der Waals surface area (Å²) in [5, 5.41) is 6.79. The second-order valence-electron chi connectivity index (χ2n) is 11.4. The standard InChI is InChI=1S/2C12H22N2O3/c2*1-12(2,3)17-11(15)14-6-4-10-9(8-14)13-5-7-16-10/h2*9-10,13H,4-8H2,1-3H3/t2*9-,10-/m10/s1. The molecule has 2 N–H and O–H groups in total. The Labute approximate surface area is 204 Å². The summed E-state index contributed by atoms with van der Waals surface area (Å²) in [4.78, 5) is 27.4. The number of morpholine rings is 2. The Bertz CT molecular complexity index is 634. The normalized spacial score (nSPS) is 29.7. The molecule has 4 rings (SSSR count). The lowest BCUT2D eigenvalue weighted by atomic mass is 10.0. The molecule has 0 unspecified atom stereocenters. The first-order valence-corrected chi connectivity index (χ1v) is 12.6. The van der Waals surface area contributed by atoms with Gasteiger partial charge in [-0.25, -0.2) is 9.59 Å². The van der Waals surface area contributed by atoms with Crippen LogP contribution in [0, 0.1) is 0 Å². The molecule has 4 atom stereocenters. The number of carbonyl (C=O) groups is 2. The summed E-state index contributed by atoms with van der Waals surface area (Å²) in [5.74, 6) is 0. The van der Waals surface area contributed by atoms with E-state index in [2.05, 4.69) is 10.6 Å². The highest BCUT2D eigenvalue weighted by molar-refractivity contribution is 5.68. The Morgan fingerprint density at radius 1 is 0.735 bits per heavy atom. The van der Waals surface area contributed by atoms with Crippen LogP contribution in [0.3, 0.4) is 0 Å². The summed E-state index contributed by atoms with van der Waals surface area (Å²) in [6.45, 7) is 17.4. The van der Waals surface area contributed by atoms with Crippen molar-refractivity contribution in [3.8, 4) is 0 Å². The highest BCUT2D eigenvalue weighted by Gasteiger charge is 2.36. The second-order valence-corrected chi connectivity index (χ2v) is 11.4. The first kappa shape index (κ1) is 27.0. The van der Waals surface area contributed by atoms with E-state index in [1.54, 1.807) is 9.80 Å². The molecular formula is C24H44N4O6. The molecule has 0 spiro atoms. The molecule has 0 aliphatic carbocycles. The fraction of sp³-hybridized carbons (Fsp3) is 0.917. The Morgan fingerprint density at radius 3 is 1.47 bits per heavy atom. The number of amides is 2. The molecule has 2 amide bonds.